The smallest absolute Gasteiger partial charge is 0.225 e. The lowest BCUT2D eigenvalue weighted by Crippen LogP contribution is -2.12. The standard InChI is InChI=1S/C18H17Cl2NO2S/c1-12(22)14-3-5-15(6-4-14)21-18(23)8-9-24-11-13-2-7-16(19)17(20)10-13/h2-7,10H,8-9,11H2,1H3,(H,21,23). The summed E-state index contributed by atoms with van der Waals surface area (Å²) in [4.78, 5) is 23.1. The second kappa shape index (κ2) is 9.11. The minimum atomic E-state index is -0.0489. The molecule has 24 heavy (non-hydrogen) atoms. The van der Waals surface area contributed by atoms with Gasteiger partial charge in [0, 0.05) is 29.2 Å². The third-order valence-electron chi connectivity index (χ3n) is 3.30. The van der Waals surface area contributed by atoms with Gasteiger partial charge < -0.3 is 5.32 Å². The zero-order valence-electron chi connectivity index (χ0n) is 13.1. The molecule has 0 saturated heterocycles. The van der Waals surface area contributed by atoms with Gasteiger partial charge >= 0.3 is 0 Å². The Morgan fingerprint density at radius 2 is 1.75 bits per heavy atom. The second-order valence-corrected chi connectivity index (χ2v) is 7.15. The molecule has 2 aromatic carbocycles. The number of carbonyl (C=O) groups excluding carboxylic acids is 2. The van der Waals surface area contributed by atoms with Gasteiger partial charge in [-0.3, -0.25) is 9.59 Å². The number of thioether (sulfide) groups is 1. The molecule has 2 rings (SSSR count). The Kier molecular flexibility index (Phi) is 7.16. The lowest BCUT2D eigenvalue weighted by molar-refractivity contribution is -0.115. The summed E-state index contributed by atoms with van der Waals surface area (Å²) >= 11 is 13.5. The molecule has 0 saturated carbocycles. The molecule has 0 spiro atoms. The molecule has 3 nitrogen and oxygen atoms in total. The van der Waals surface area contributed by atoms with Gasteiger partial charge in [-0.15, -0.1) is 0 Å². The first-order valence-electron chi connectivity index (χ1n) is 7.38. The molecule has 0 aliphatic rings. The highest BCUT2D eigenvalue weighted by Crippen LogP contribution is 2.24. The Balaban J connectivity index is 1.73. The molecule has 1 amide bonds. The molecule has 6 heteroatoms. The molecule has 0 unspecified atom stereocenters. The van der Waals surface area contributed by atoms with Crippen LogP contribution in [0.2, 0.25) is 10.0 Å². The number of anilines is 1. The van der Waals surface area contributed by atoms with Gasteiger partial charge in [0.05, 0.1) is 10.0 Å². The van der Waals surface area contributed by atoms with E-state index in [-0.39, 0.29) is 11.7 Å². The lowest BCUT2D eigenvalue weighted by Gasteiger charge is -2.06. The molecule has 0 aliphatic heterocycles. The highest BCUT2D eigenvalue weighted by Gasteiger charge is 2.05. The van der Waals surface area contributed by atoms with Crippen LogP contribution in [0.3, 0.4) is 0 Å². The predicted molar refractivity (Wildman–Crippen MR) is 102 cm³/mol. The Hall–Kier alpha value is -1.49. The molecule has 0 atom stereocenters. The fourth-order valence-electron chi connectivity index (χ4n) is 2.00. The minimum Gasteiger partial charge on any atom is -0.326 e. The van der Waals surface area contributed by atoms with Gasteiger partial charge in [-0.1, -0.05) is 29.3 Å². The van der Waals surface area contributed by atoms with Crippen molar-refractivity contribution in [3.63, 3.8) is 0 Å². The Bertz CT molecular complexity index is 732. The number of amides is 1. The molecular weight excluding hydrogens is 365 g/mol. The second-order valence-electron chi connectivity index (χ2n) is 5.23. The maximum absolute atomic E-state index is 11.9. The van der Waals surface area contributed by atoms with Gasteiger partial charge in [0.15, 0.2) is 5.78 Å². The van der Waals surface area contributed by atoms with Crippen LogP contribution in [0, 0.1) is 0 Å². The summed E-state index contributed by atoms with van der Waals surface area (Å²) in [5.41, 5.74) is 2.40. The van der Waals surface area contributed by atoms with Crippen molar-refractivity contribution in [2.45, 2.75) is 19.1 Å². The summed E-state index contributed by atoms with van der Waals surface area (Å²) in [5, 5.41) is 3.91. The number of halogens is 2. The van der Waals surface area contributed by atoms with Crippen molar-refractivity contribution in [2.75, 3.05) is 11.1 Å². The summed E-state index contributed by atoms with van der Waals surface area (Å²) in [6.07, 6.45) is 0.417. The van der Waals surface area contributed by atoms with Gasteiger partial charge in [-0.25, -0.2) is 0 Å². The van der Waals surface area contributed by atoms with E-state index in [1.54, 1.807) is 42.1 Å². The van der Waals surface area contributed by atoms with Crippen LogP contribution >= 0.6 is 35.0 Å². The highest BCUT2D eigenvalue weighted by molar-refractivity contribution is 7.98. The van der Waals surface area contributed by atoms with Crippen molar-refractivity contribution < 1.29 is 9.59 Å². The normalized spacial score (nSPS) is 10.5. The van der Waals surface area contributed by atoms with Crippen LogP contribution in [0.5, 0.6) is 0 Å². The molecule has 0 bridgehead atoms. The SMILES string of the molecule is CC(=O)c1ccc(NC(=O)CCSCc2ccc(Cl)c(Cl)c2)cc1. The summed E-state index contributed by atoms with van der Waals surface area (Å²) in [7, 11) is 0. The number of rotatable bonds is 7. The number of hydrogen-bond acceptors (Lipinski definition) is 3. The maximum Gasteiger partial charge on any atom is 0.225 e. The molecule has 1 N–H and O–H groups in total. The molecule has 0 aliphatic carbocycles. The summed E-state index contributed by atoms with van der Waals surface area (Å²) in [6.45, 7) is 1.51. The van der Waals surface area contributed by atoms with Crippen LogP contribution in [-0.2, 0) is 10.5 Å². The number of hydrogen-bond donors (Lipinski definition) is 1. The first-order valence-corrected chi connectivity index (χ1v) is 9.29. The largest absolute Gasteiger partial charge is 0.326 e. The maximum atomic E-state index is 11.9. The zero-order valence-corrected chi connectivity index (χ0v) is 15.5. The van der Waals surface area contributed by atoms with Gasteiger partial charge in [0.1, 0.15) is 0 Å². The van der Waals surface area contributed by atoms with Crippen LogP contribution in [0.1, 0.15) is 29.3 Å². The number of carbonyl (C=O) groups is 2. The highest BCUT2D eigenvalue weighted by atomic mass is 35.5. The van der Waals surface area contributed by atoms with Crippen molar-refractivity contribution in [3.8, 4) is 0 Å². The number of Topliss-reactive ketones (excluding diaryl/α,β-unsaturated/α-hetero) is 1. The Morgan fingerprint density at radius 1 is 1.04 bits per heavy atom. The fourth-order valence-corrected chi connectivity index (χ4v) is 3.21. The summed E-state index contributed by atoms with van der Waals surface area (Å²) < 4.78 is 0. The van der Waals surface area contributed by atoms with E-state index in [4.69, 9.17) is 23.2 Å². The minimum absolute atomic E-state index is 0.00609. The average Bonchev–Trinajstić information content (AvgIpc) is 2.55. The van der Waals surface area contributed by atoms with Crippen LogP contribution < -0.4 is 5.32 Å². The number of nitrogens with one attached hydrogen (secondary N) is 1. The van der Waals surface area contributed by atoms with E-state index in [2.05, 4.69) is 5.32 Å². The van der Waals surface area contributed by atoms with Crippen LogP contribution in [0.15, 0.2) is 42.5 Å². The first kappa shape index (κ1) is 18.8. The Morgan fingerprint density at radius 3 is 2.38 bits per heavy atom. The number of ketones is 1. The van der Waals surface area contributed by atoms with Gasteiger partial charge in [0.2, 0.25) is 5.91 Å². The van der Waals surface area contributed by atoms with Gasteiger partial charge in [0.25, 0.3) is 0 Å². The predicted octanol–water partition coefficient (Wildman–Crippen LogP) is 5.46. The third kappa shape index (κ3) is 5.86. The molecular formula is C18H17Cl2NO2S. The molecule has 0 aromatic heterocycles. The molecule has 0 radical (unpaired) electrons. The molecule has 126 valence electrons. The molecule has 0 fully saturated rings. The van der Waals surface area contributed by atoms with E-state index in [0.29, 0.717) is 33.5 Å². The monoisotopic (exact) mass is 381 g/mol. The fraction of sp³-hybridized carbons (Fsp3) is 0.222. The zero-order chi connectivity index (χ0) is 17.5. The van der Waals surface area contributed by atoms with Gasteiger partial charge in [-0.2, -0.15) is 11.8 Å². The lowest BCUT2D eigenvalue weighted by atomic mass is 10.1. The van der Waals surface area contributed by atoms with E-state index in [1.807, 2.05) is 12.1 Å². The van der Waals surface area contributed by atoms with Crippen molar-refractivity contribution >= 4 is 52.3 Å². The van der Waals surface area contributed by atoms with E-state index in [0.717, 1.165) is 11.3 Å². The number of benzene rings is 2. The van der Waals surface area contributed by atoms with Crippen molar-refractivity contribution in [1.29, 1.82) is 0 Å². The molecule has 2 aromatic rings. The Labute approximate surface area is 155 Å². The van der Waals surface area contributed by atoms with E-state index in [1.165, 1.54) is 6.92 Å². The topological polar surface area (TPSA) is 46.2 Å². The average molecular weight is 382 g/mol. The third-order valence-corrected chi connectivity index (χ3v) is 5.07. The molecule has 0 heterocycles. The van der Waals surface area contributed by atoms with Crippen molar-refractivity contribution in [3.05, 3.63) is 63.6 Å². The van der Waals surface area contributed by atoms with Crippen molar-refractivity contribution in [2.24, 2.45) is 0 Å². The van der Waals surface area contributed by atoms with Crippen LogP contribution in [-0.4, -0.2) is 17.4 Å². The van der Waals surface area contributed by atoms with E-state index >= 15 is 0 Å². The van der Waals surface area contributed by atoms with Crippen LogP contribution in [0.25, 0.3) is 0 Å². The van der Waals surface area contributed by atoms with Crippen LogP contribution in [0.4, 0.5) is 5.69 Å². The van der Waals surface area contributed by atoms with E-state index < -0.39 is 0 Å². The quantitative estimate of drug-likeness (QED) is 0.511. The first-order chi connectivity index (χ1) is 11.5. The summed E-state index contributed by atoms with van der Waals surface area (Å²) in [6, 6.07) is 12.4. The van der Waals surface area contributed by atoms with E-state index in [9.17, 15) is 9.59 Å². The van der Waals surface area contributed by atoms with Gasteiger partial charge in [-0.05, 0) is 48.9 Å². The van der Waals surface area contributed by atoms with Crippen molar-refractivity contribution in [1.82, 2.24) is 0 Å². The summed E-state index contributed by atoms with van der Waals surface area (Å²) in [5.74, 6) is 1.44.